The quantitative estimate of drug-likeness (QED) is 0.600. The maximum atomic E-state index is 10.9. The summed E-state index contributed by atoms with van der Waals surface area (Å²) in [6.07, 6.45) is 2.48. The Morgan fingerprint density at radius 1 is 1.45 bits per heavy atom. The predicted octanol–water partition coefficient (Wildman–Crippen LogP) is 0.492. The van der Waals surface area contributed by atoms with E-state index in [1.54, 1.807) is 0 Å². The van der Waals surface area contributed by atoms with Gasteiger partial charge < -0.3 is 5.32 Å². The van der Waals surface area contributed by atoms with E-state index in [0.29, 0.717) is 5.92 Å². The Balaban J connectivity index is 2.04. The van der Waals surface area contributed by atoms with E-state index >= 15 is 0 Å². The van der Waals surface area contributed by atoms with Crippen molar-refractivity contribution in [1.82, 2.24) is 5.32 Å². The van der Waals surface area contributed by atoms with Gasteiger partial charge in [0.25, 0.3) is 0 Å². The van der Waals surface area contributed by atoms with Crippen LogP contribution in [-0.2, 0) is 9.59 Å². The van der Waals surface area contributed by atoms with Crippen molar-refractivity contribution in [2.24, 2.45) is 5.92 Å². The normalized spacial score (nSPS) is 16.1. The first kappa shape index (κ1) is 8.24. The Morgan fingerprint density at radius 2 is 2.09 bits per heavy atom. The second kappa shape index (κ2) is 3.51. The molecule has 1 N–H and O–H groups in total. The molecule has 0 atom stereocenters. The van der Waals surface area contributed by atoms with Crippen LogP contribution in [0.25, 0.3) is 0 Å². The largest absolute Gasteiger partial charge is 0.355 e. The van der Waals surface area contributed by atoms with E-state index in [1.165, 1.54) is 19.8 Å². The molecular weight excluding hydrogens is 142 g/mol. The van der Waals surface area contributed by atoms with E-state index in [9.17, 15) is 9.59 Å². The van der Waals surface area contributed by atoms with Gasteiger partial charge in [-0.3, -0.25) is 9.59 Å². The molecule has 3 nitrogen and oxygen atoms in total. The van der Waals surface area contributed by atoms with Crippen LogP contribution in [0, 0.1) is 5.92 Å². The van der Waals surface area contributed by atoms with Gasteiger partial charge in [0.05, 0.1) is 6.42 Å². The molecule has 0 unspecified atom stereocenters. The molecule has 1 amide bonds. The molecule has 1 rings (SSSR count). The molecule has 1 aliphatic carbocycles. The zero-order valence-corrected chi connectivity index (χ0v) is 6.72. The molecule has 0 aromatic rings. The van der Waals surface area contributed by atoms with Crippen LogP contribution in [0.3, 0.4) is 0 Å². The van der Waals surface area contributed by atoms with E-state index < -0.39 is 0 Å². The number of hydrogen-bond acceptors (Lipinski definition) is 2. The average molecular weight is 155 g/mol. The van der Waals surface area contributed by atoms with Gasteiger partial charge in [0.15, 0.2) is 0 Å². The van der Waals surface area contributed by atoms with Crippen LogP contribution in [0.4, 0.5) is 0 Å². The van der Waals surface area contributed by atoms with Crippen molar-refractivity contribution in [2.45, 2.75) is 26.2 Å². The number of Topliss-reactive ketones (excluding diaryl/α,β-unsaturated/α-hetero) is 1. The number of ketones is 1. The summed E-state index contributed by atoms with van der Waals surface area (Å²) < 4.78 is 0. The highest BCUT2D eigenvalue weighted by molar-refractivity contribution is 5.96. The van der Waals surface area contributed by atoms with Gasteiger partial charge in [-0.1, -0.05) is 0 Å². The zero-order chi connectivity index (χ0) is 8.27. The summed E-state index contributed by atoms with van der Waals surface area (Å²) in [7, 11) is 0. The minimum absolute atomic E-state index is 0.0344. The van der Waals surface area contributed by atoms with Gasteiger partial charge in [-0.25, -0.2) is 0 Å². The maximum absolute atomic E-state index is 10.9. The monoisotopic (exact) mass is 155 g/mol. The summed E-state index contributed by atoms with van der Waals surface area (Å²) in [5.41, 5.74) is 0. The summed E-state index contributed by atoms with van der Waals surface area (Å²) in [5.74, 6) is 0.480. The zero-order valence-electron chi connectivity index (χ0n) is 6.72. The van der Waals surface area contributed by atoms with Crippen LogP contribution in [0.2, 0.25) is 0 Å². The molecule has 3 heteroatoms. The number of carbonyl (C=O) groups is 2. The first-order valence-corrected chi connectivity index (χ1v) is 3.94. The molecule has 0 saturated heterocycles. The lowest BCUT2D eigenvalue weighted by Gasteiger charge is -2.00. The fourth-order valence-electron chi connectivity index (χ4n) is 0.869. The maximum Gasteiger partial charge on any atom is 0.227 e. The van der Waals surface area contributed by atoms with Crippen molar-refractivity contribution < 1.29 is 9.59 Å². The van der Waals surface area contributed by atoms with Gasteiger partial charge in [-0.15, -0.1) is 0 Å². The van der Waals surface area contributed by atoms with E-state index in [4.69, 9.17) is 0 Å². The van der Waals surface area contributed by atoms with Gasteiger partial charge >= 0.3 is 0 Å². The molecule has 0 aromatic carbocycles. The van der Waals surface area contributed by atoms with Crippen LogP contribution in [0.1, 0.15) is 26.2 Å². The van der Waals surface area contributed by atoms with E-state index in [0.717, 1.165) is 6.54 Å². The topological polar surface area (TPSA) is 46.2 Å². The van der Waals surface area contributed by atoms with Crippen LogP contribution >= 0.6 is 0 Å². The lowest BCUT2D eigenvalue weighted by molar-refractivity contribution is -0.127. The summed E-state index contributed by atoms with van der Waals surface area (Å²) in [5, 5.41) is 2.72. The second-order valence-corrected chi connectivity index (χ2v) is 3.13. The molecule has 0 aliphatic heterocycles. The Kier molecular flexibility index (Phi) is 2.63. The first-order chi connectivity index (χ1) is 5.18. The van der Waals surface area contributed by atoms with Crippen molar-refractivity contribution in [3.8, 4) is 0 Å². The highest BCUT2D eigenvalue weighted by Crippen LogP contribution is 2.27. The van der Waals surface area contributed by atoms with E-state index in [2.05, 4.69) is 5.32 Å². The Labute approximate surface area is 66.2 Å². The van der Waals surface area contributed by atoms with Crippen molar-refractivity contribution in [3.05, 3.63) is 0 Å². The smallest absolute Gasteiger partial charge is 0.227 e. The standard InChI is InChI=1S/C8H13NO2/c1-6(10)4-8(11)9-5-7-2-3-7/h7H,2-5H2,1H3,(H,9,11). The van der Waals surface area contributed by atoms with Crippen LogP contribution < -0.4 is 5.32 Å². The Morgan fingerprint density at radius 3 is 2.55 bits per heavy atom. The van der Waals surface area contributed by atoms with Crippen molar-refractivity contribution >= 4 is 11.7 Å². The summed E-state index contributed by atoms with van der Waals surface area (Å²) >= 11 is 0. The SMILES string of the molecule is CC(=O)CC(=O)NCC1CC1. The van der Waals surface area contributed by atoms with Crippen molar-refractivity contribution in [1.29, 1.82) is 0 Å². The molecule has 62 valence electrons. The predicted molar refractivity (Wildman–Crippen MR) is 41.0 cm³/mol. The molecule has 0 spiro atoms. The van der Waals surface area contributed by atoms with Gasteiger partial charge in [0.1, 0.15) is 5.78 Å². The third kappa shape index (κ3) is 3.75. The summed E-state index contributed by atoms with van der Waals surface area (Å²) in [6, 6.07) is 0. The van der Waals surface area contributed by atoms with Gasteiger partial charge in [0, 0.05) is 6.54 Å². The summed E-state index contributed by atoms with van der Waals surface area (Å²) in [6.45, 7) is 2.18. The molecule has 0 heterocycles. The summed E-state index contributed by atoms with van der Waals surface area (Å²) in [4.78, 5) is 21.3. The highest BCUT2D eigenvalue weighted by Gasteiger charge is 2.21. The van der Waals surface area contributed by atoms with Crippen LogP contribution in [-0.4, -0.2) is 18.2 Å². The average Bonchev–Trinajstić information content (AvgIpc) is 2.63. The molecular formula is C8H13NO2. The number of rotatable bonds is 4. The molecule has 1 aliphatic rings. The van der Waals surface area contributed by atoms with Crippen LogP contribution in [0.5, 0.6) is 0 Å². The molecule has 0 aromatic heterocycles. The van der Waals surface area contributed by atoms with Gasteiger partial charge in [-0.05, 0) is 25.7 Å². The highest BCUT2D eigenvalue weighted by atomic mass is 16.2. The Hall–Kier alpha value is -0.860. The fraction of sp³-hybridized carbons (Fsp3) is 0.750. The third-order valence-corrected chi connectivity index (χ3v) is 1.69. The molecule has 0 bridgehead atoms. The second-order valence-electron chi connectivity index (χ2n) is 3.13. The Bertz CT molecular complexity index is 173. The molecule has 1 fully saturated rings. The van der Waals surface area contributed by atoms with Gasteiger partial charge in [0.2, 0.25) is 5.91 Å². The third-order valence-electron chi connectivity index (χ3n) is 1.69. The first-order valence-electron chi connectivity index (χ1n) is 3.94. The lowest BCUT2D eigenvalue weighted by atomic mass is 10.3. The minimum Gasteiger partial charge on any atom is -0.355 e. The fourth-order valence-corrected chi connectivity index (χ4v) is 0.869. The molecule has 1 saturated carbocycles. The van der Waals surface area contributed by atoms with Crippen molar-refractivity contribution in [3.63, 3.8) is 0 Å². The number of amides is 1. The van der Waals surface area contributed by atoms with Gasteiger partial charge in [-0.2, -0.15) is 0 Å². The van der Waals surface area contributed by atoms with Crippen molar-refractivity contribution in [2.75, 3.05) is 6.54 Å². The van der Waals surface area contributed by atoms with E-state index in [-0.39, 0.29) is 18.1 Å². The minimum atomic E-state index is -0.135. The lowest BCUT2D eigenvalue weighted by Crippen LogP contribution is -2.26. The van der Waals surface area contributed by atoms with E-state index in [1.807, 2.05) is 0 Å². The molecule has 11 heavy (non-hydrogen) atoms. The molecule has 0 radical (unpaired) electrons. The number of nitrogens with one attached hydrogen (secondary N) is 1. The number of hydrogen-bond donors (Lipinski definition) is 1. The van der Waals surface area contributed by atoms with Crippen LogP contribution in [0.15, 0.2) is 0 Å². The number of carbonyl (C=O) groups excluding carboxylic acids is 2.